The Morgan fingerprint density at radius 1 is 0.386 bits per heavy atom. The topological polar surface area (TPSA) is 51.6 Å². The van der Waals surface area contributed by atoms with Crippen molar-refractivity contribution in [3.8, 4) is 33.5 Å². The maximum absolute atomic E-state index is 5.23. The van der Waals surface area contributed by atoms with E-state index >= 15 is 0 Å². The molecule has 0 amide bonds. The van der Waals surface area contributed by atoms with Gasteiger partial charge in [-0.25, -0.2) is 9.97 Å². The Morgan fingerprint density at radius 2 is 1.11 bits per heavy atom. The minimum Gasteiger partial charge on any atom is -0.254 e. The summed E-state index contributed by atoms with van der Waals surface area (Å²) in [7, 11) is 0. The van der Waals surface area contributed by atoms with Gasteiger partial charge in [0.05, 0.1) is 33.3 Å². The molecule has 0 aliphatic heterocycles. The molecule has 9 rings (SSSR count). The van der Waals surface area contributed by atoms with Gasteiger partial charge in [-0.2, -0.15) is 0 Å². The molecule has 0 aliphatic carbocycles. The van der Waals surface area contributed by atoms with Crippen LogP contribution in [-0.2, 0) is 0 Å². The Bertz CT molecular complexity index is 2540. The molecule has 0 N–H and O–H groups in total. The molecular formula is C40H24N4. The van der Waals surface area contributed by atoms with Crippen LogP contribution in [0.4, 0.5) is 0 Å². The predicted molar refractivity (Wildman–Crippen MR) is 181 cm³/mol. The second kappa shape index (κ2) is 9.79. The van der Waals surface area contributed by atoms with Crippen molar-refractivity contribution >= 4 is 54.5 Å². The highest BCUT2D eigenvalue weighted by Gasteiger charge is 2.15. The summed E-state index contributed by atoms with van der Waals surface area (Å²) < 4.78 is 0. The van der Waals surface area contributed by atoms with Crippen molar-refractivity contribution in [1.29, 1.82) is 0 Å². The van der Waals surface area contributed by atoms with Gasteiger partial charge in [-0.1, -0.05) is 103 Å². The van der Waals surface area contributed by atoms with Crippen LogP contribution in [0.2, 0.25) is 0 Å². The van der Waals surface area contributed by atoms with Gasteiger partial charge in [0.1, 0.15) is 0 Å². The minimum absolute atomic E-state index is 0.908. The monoisotopic (exact) mass is 560 g/mol. The lowest BCUT2D eigenvalue weighted by Crippen LogP contribution is -1.93. The summed E-state index contributed by atoms with van der Waals surface area (Å²) in [5.41, 5.74) is 11.3. The SMILES string of the molecule is c1ccc(-c2c3ccccc3nc3c2ccc2ccc(-c4ccc(-c5cc6cccnc6c6ncccc56)cc4)nc23)cc1. The number of nitrogens with zero attached hydrogens (tertiary/aromatic N) is 4. The Morgan fingerprint density at radius 3 is 2.00 bits per heavy atom. The summed E-state index contributed by atoms with van der Waals surface area (Å²) in [4.78, 5) is 19.7. The highest BCUT2D eigenvalue weighted by Crippen LogP contribution is 2.38. The fourth-order valence-electron chi connectivity index (χ4n) is 6.45. The van der Waals surface area contributed by atoms with Crippen LogP contribution in [0.15, 0.2) is 146 Å². The molecule has 4 aromatic heterocycles. The van der Waals surface area contributed by atoms with E-state index in [4.69, 9.17) is 9.97 Å². The van der Waals surface area contributed by atoms with E-state index in [1.807, 2.05) is 30.6 Å². The highest BCUT2D eigenvalue weighted by molar-refractivity contribution is 6.16. The number of hydrogen-bond donors (Lipinski definition) is 0. The van der Waals surface area contributed by atoms with E-state index in [1.165, 1.54) is 11.1 Å². The van der Waals surface area contributed by atoms with Gasteiger partial charge in [0.15, 0.2) is 0 Å². The maximum atomic E-state index is 5.23. The number of pyridine rings is 4. The van der Waals surface area contributed by atoms with Crippen LogP contribution in [0, 0.1) is 0 Å². The van der Waals surface area contributed by atoms with Crippen LogP contribution < -0.4 is 0 Å². The molecule has 0 radical (unpaired) electrons. The average Bonchev–Trinajstić information content (AvgIpc) is 3.10. The summed E-state index contributed by atoms with van der Waals surface area (Å²) in [6, 6.07) is 46.6. The summed E-state index contributed by atoms with van der Waals surface area (Å²) in [6.07, 6.45) is 3.66. The van der Waals surface area contributed by atoms with Crippen LogP contribution in [-0.4, -0.2) is 19.9 Å². The molecule has 0 bridgehead atoms. The third-order valence-corrected chi connectivity index (χ3v) is 8.53. The Balaban J connectivity index is 1.21. The summed E-state index contributed by atoms with van der Waals surface area (Å²) in [6.45, 7) is 0. The van der Waals surface area contributed by atoms with Gasteiger partial charge in [0.25, 0.3) is 0 Å². The van der Waals surface area contributed by atoms with Crippen molar-refractivity contribution in [2.45, 2.75) is 0 Å². The summed E-state index contributed by atoms with van der Waals surface area (Å²) in [5, 5.41) is 5.49. The van der Waals surface area contributed by atoms with Crippen molar-refractivity contribution in [3.05, 3.63) is 146 Å². The molecule has 4 nitrogen and oxygen atoms in total. The Kier molecular flexibility index (Phi) is 5.47. The Labute approximate surface area is 253 Å². The first-order valence-electron chi connectivity index (χ1n) is 14.7. The van der Waals surface area contributed by atoms with Gasteiger partial charge in [-0.05, 0) is 47.0 Å². The molecule has 0 aliphatic rings. The Hall–Kier alpha value is -6.00. The van der Waals surface area contributed by atoms with Gasteiger partial charge in [-0.3, -0.25) is 9.97 Å². The first-order chi connectivity index (χ1) is 21.8. The lowest BCUT2D eigenvalue weighted by molar-refractivity contribution is 1.37. The largest absolute Gasteiger partial charge is 0.254 e. The van der Waals surface area contributed by atoms with E-state index in [0.29, 0.717) is 0 Å². The standard InChI is InChI=1S/C40H24N4/c1-2-8-27(9-3-1)36-31-11-4-5-13-35(31)44-40-32(36)20-18-28-19-21-34(43-38(28)40)26-16-14-25(15-17-26)33-24-29-10-6-22-41-37(29)39-30(33)12-7-23-42-39/h1-24H. The quantitative estimate of drug-likeness (QED) is 0.159. The number of fused-ring (bicyclic) bond motifs is 7. The van der Waals surface area contributed by atoms with Crippen LogP contribution in [0.25, 0.3) is 88.0 Å². The minimum atomic E-state index is 0.908. The second-order valence-electron chi connectivity index (χ2n) is 11.1. The first-order valence-corrected chi connectivity index (χ1v) is 14.7. The van der Waals surface area contributed by atoms with Crippen molar-refractivity contribution in [2.24, 2.45) is 0 Å². The van der Waals surface area contributed by atoms with Gasteiger partial charge in [0.2, 0.25) is 0 Å². The lowest BCUT2D eigenvalue weighted by atomic mass is 9.95. The number of aromatic nitrogens is 4. The average molecular weight is 561 g/mol. The van der Waals surface area contributed by atoms with E-state index < -0.39 is 0 Å². The van der Waals surface area contributed by atoms with Crippen LogP contribution in [0.5, 0.6) is 0 Å². The molecule has 204 valence electrons. The normalized spacial score (nSPS) is 11.6. The van der Waals surface area contributed by atoms with Crippen LogP contribution in [0.1, 0.15) is 0 Å². The van der Waals surface area contributed by atoms with E-state index in [0.717, 1.165) is 76.9 Å². The highest BCUT2D eigenvalue weighted by atomic mass is 14.8. The molecule has 44 heavy (non-hydrogen) atoms. The summed E-state index contributed by atoms with van der Waals surface area (Å²) in [5.74, 6) is 0. The van der Waals surface area contributed by atoms with Gasteiger partial charge in [-0.15, -0.1) is 0 Å². The maximum Gasteiger partial charge on any atom is 0.0978 e. The third kappa shape index (κ3) is 3.85. The molecule has 4 heteroatoms. The molecule has 5 aromatic carbocycles. The van der Waals surface area contributed by atoms with E-state index in [2.05, 4.69) is 125 Å². The van der Waals surface area contributed by atoms with Crippen molar-refractivity contribution in [3.63, 3.8) is 0 Å². The second-order valence-corrected chi connectivity index (χ2v) is 11.1. The third-order valence-electron chi connectivity index (χ3n) is 8.53. The van der Waals surface area contributed by atoms with Crippen molar-refractivity contribution < 1.29 is 0 Å². The predicted octanol–water partition coefficient (Wildman–Crippen LogP) is 10.0. The fourth-order valence-corrected chi connectivity index (χ4v) is 6.45. The number of para-hydroxylation sites is 1. The van der Waals surface area contributed by atoms with Crippen molar-refractivity contribution in [1.82, 2.24) is 19.9 Å². The molecule has 4 heterocycles. The van der Waals surface area contributed by atoms with Crippen LogP contribution in [0.3, 0.4) is 0 Å². The molecule has 0 spiro atoms. The molecule has 0 atom stereocenters. The molecule has 0 saturated heterocycles. The summed E-state index contributed by atoms with van der Waals surface area (Å²) >= 11 is 0. The lowest BCUT2D eigenvalue weighted by Gasteiger charge is -2.13. The zero-order chi connectivity index (χ0) is 29.0. The molecule has 0 unspecified atom stereocenters. The van der Waals surface area contributed by atoms with Crippen molar-refractivity contribution in [2.75, 3.05) is 0 Å². The number of hydrogen-bond acceptors (Lipinski definition) is 4. The molecule has 0 saturated carbocycles. The molecular weight excluding hydrogens is 536 g/mol. The van der Waals surface area contributed by atoms with Gasteiger partial charge < -0.3 is 0 Å². The number of rotatable bonds is 3. The van der Waals surface area contributed by atoms with E-state index in [9.17, 15) is 0 Å². The van der Waals surface area contributed by atoms with E-state index in [1.54, 1.807) is 0 Å². The number of benzene rings is 5. The first kappa shape index (κ1) is 24.6. The smallest absolute Gasteiger partial charge is 0.0978 e. The molecule has 9 aromatic rings. The van der Waals surface area contributed by atoms with Gasteiger partial charge in [0, 0.05) is 50.5 Å². The fraction of sp³-hybridized carbons (Fsp3) is 0. The van der Waals surface area contributed by atoms with Gasteiger partial charge >= 0.3 is 0 Å². The zero-order valence-corrected chi connectivity index (χ0v) is 23.6. The van der Waals surface area contributed by atoms with Crippen LogP contribution >= 0.6 is 0 Å². The molecule has 0 fully saturated rings. The van der Waals surface area contributed by atoms with E-state index in [-0.39, 0.29) is 0 Å². The zero-order valence-electron chi connectivity index (χ0n) is 23.6.